The molecule has 0 radical (unpaired) electrons. The van der Waals surface area contributed by atoms with Crippen molar-refractivity contribution in [2.24, 2.45) is 0 Å². The lowest BCUT2D eigenvalue weighted by Crippen LogP contribution is -2.48. The van der Waals surface area contributed by atoms with Crippen LogP contribution >= 0.6 is 11.3 Å². The molecule has 1 saturated heterocycles. The van der Waals surface area contributed by atoms with Crippen molar-refractivity contribution in [3.05, 3.63) is 70.7 Å². The van der Waals surface area contributed by atoms with Crippen molar-refractivity contribution in [3.63, 3.8) is 0 Å². The zero-order chi connectivity index (χ0) is 20.3. The Morgan fingerprint density at radius 1 is 1.03 bits per heavy atom. The highest BCUT2D eigenvalue weighted by Crippen LogP contribution is 2.33. The summed E-state index contributed by atoms with van der Waals surface area (Å²) in [4.78, 5) is 17.5. The van der Waals surface area contributed by atoms with Gasteiger partial charge in [0.05, 0.1) is 12.5 Å². The molecule has 0 bridgehead atoms. The van der Waals surface area contributed by atoms with E-state index in [2.05, 4.69) is 38.4 Å². The number of amides is 1. The summed E-state index contributed by atoms with van der Waals surface area (Å²) in [7, 11) is 0. The lowest BCUT2D eigenvalue weighted by molar-refractivity contribution is -0.133. The second kappa shape index (κ2) is 8.53. The van der Waals surface area contributed by atoms with Crippen LogP contribution in [-0.2, 0) is 11.3 Å². The van der Waals surface area contributed by atoms with Crippen LogP contribution in [0.5, 0.6) is 11.5 Å². The molecule has 3 aromatic rings. The number of ether oxygens (including phenoxy) is 2. The molecule has 6 nitrogen and oxygen atoms in total. The average Bonchev–Trinajstić information content (AvgIpc) is 3.55. The third-order valence-electron chi connectivity index (χ3n) is 5.85. The fourth-order valence-electron chi connectivity index (χ4n) is 4.16. The van der Waals surface area contributed by atoms with Gasteiger partial charge in [0.2, 0.25) is 12.7 Å². The van der Waals surface area contributed by atoms with E-state index in [4.69, 9.17) is 9.47 Å². The van der Waals surface area contributed by atoms with Crippen molar-refractivity contribution in [1.82, 2.24) is 14.4 Å². The Labute approximate surface area is 180 Å². The van der Waals surface area contributed by atoms with Crippen LogP contribution in [0, 0.1) is 0 Å². The van der Waals surface area contributed by atoms with Crippen LogP contribution in [0.25, 0.3) is 0 Å². The van der Waals surface area contributed by atoms with E-state index in [1.165, 1.54) is 11.1 Å². The standard InChI is InChI=1S/C23H25N3O3S/c27-23(14-20(19-5-12-30-16-19)25-6-1-2-7-25)26-10-8-24(9-11-26)15-18-3-4-21-22(13-18)29-17-28-21/h1-7,12-13,16,20H,8-11,14-15,17H2. The topological polar surface area (TPSA) is 46.9 Å². The smallest absolute Gasteiger partial charge is 0.231 e. The van der Waals surface area contributed by atoms with E-state index in [0.29, 0.717) is 13.2 Å². The number of piperazine rings is 1. The highest BCUT2D eigenvalue weighted by Gasteiger charge is 2.25. The first-order valence-corrected chi connectivity index (χ1v) is 11.2. The van der Waals surface area contributed by atoms with Crippen LogP contribution in [0.1, 0.15) is 23.6 Å². The van der Waals surface area contributed by atoms with Crippen LogP contribution in [0.2, 0.25) is 0 Å². The number of nitrogens with zero attached hydrogens (tertiary/aromatic N) is 3. The van der Waals surface area contributed by atoms with Crippen molar-refractivity contribution >= 4 is 17.2 Å². The van der Waals surface area contributed by atoms with Gasteiger partial charge < -0.3 is 18.9 Å². The molecule has 1 unspecified atom stereocenters. The Balaban J connectivity index is 1.17. The van der Waals surface area contributed by atoms with Gasteiger partial charge in [-0.25, -0.2) is 0 Å². The molecule has 1 fully saturated rings. The SMILES string of the molecule is O=C(CC(c1ccsc1)n1cccc1)N1CCN(Cc2ccc3c(c2)OCO3)CC1. The van der Waals surface area contributed by atoms with E-state index >= 15 is 0 Å². The lowest BCUT2D eigenvalue weighted by atomic mass is 10.1. The first kappa shape index (κ1) is 19.2. The molecule has 7 heteroatoms. The Kier molecular flexibility index (Phi) is 5.46. The zero-order valence-electron chi connectivity index (χ0n) is 16.8. The summed E-state index contributed by atoms with van der Waals surface area (Å²) in [6.45, 7) is 4.46. The summed E-state index contributed by atoms with van der Waals surface area (Å²) >= 11 is 1.67. The van der Waals surface area contributed by atoms with Gasteiger partial charge in [0.15, 0.2) is 11.5 Å². The van der Waals surface area contributed by atoms with Crippen LogP contribution in [0.4, 0.5) is 0 Å². The van der Waals surface area contributed by atoms with Gasteiger partial charge in [-0.2, -0.15) is 11.3 Å². The molecule has 2 aliphatic rings. The van der Waals surface area contributed by atoms with E-state index in [1.54, 1.807) is 11.3 Å². The number of aromatic nitrogens is 1. The summed E-state index contributed by atoms with van der Waals surface area (Å²) in [5.74, 6) is 1.87. The van der Waals surface area contributed by atoms with E-state index < -0.39 is 0 Å². The molecule has 0 aliphatic carbocycles. The van der Waals surface area contributed by atoms with Crippen LogP contribution in [0.3, 0.4) is 0 Å². The minimum Gasteiger partial charge on any atom is -0.454 e. The molecule has 4 heterocycles. The van der Waals surface area contributed by atoms with Gasteiger partial charge in [-0.15, -0.1) is 0 Å². The number of carbonyl (C=O) groups is 1. The number of carbonyl (C=O) groups excluding carboxylic acids is 1. The molecule has 2 aromatic heterocycles. The summed E-state index contributed by atoms with van der Waals surface area (Å²) in [5.41, 5.74) is 2.41. The number of thiophene rings is 1. The zero-order valence-corrected chi connectivity index (χ0v) is 17.6. The van der Waals surface area contributed by atoms with E-state index in [-0.39, 0.29) is 11.9 Å². The van der Waals surface area contributed by atoms with Gasteiger partial charge in [-0.05, 0) is 52.2 Å². The second-order valence-electron chi connectivity index (χ2n) is 7.75. The van der Waals surface area contributed by atoms with Crippen LogP contribution in [-0.4, -0.2) is 53.2 Å². The monoisotopic (exact) mass is 423 g/mol. The van der Waals surface area contributed by atoms with E-state index in [0.717, 1.165) is 44.2 Å². The summed E-state index contributed by atoms with van der Waals surface area (Å²) < 4.78 is 13.0. The summed E-state index contributed by atoms with van der Waals surface area (Å²) in [6, 6.07) is 12.3. The van der Waals surface area contributed by atoms with Crippen LogP contribution in [0.15, 0.2) is 59.6 Å². The molecule has 5 rings (SSSR count). The highest BCUT2D eigenvalue weighted by atomic mass is 32.1. The van der Waals surface area contributed by atoms with Gasteiger partial charge in [0.1, 0.15) is 0 Å². The number of hydrogen-bond donors (Lipinski definition) is 0. The first-order chi connectivity index (χ1) is 14.8. The molecule has 1 amide bonds. The molecule has 0 spiro atoms. The van der Waals surface area contributed by atoms with Gasteiger partial charge in [0, 0.05) is 45.1 Å². The van der Waals surface area contributed by atoms with Gasteiger partial charge in [-0.3, -0.25) is 9.69 Å². The van der Waals surface area contributed by atoms with Crippen molar-refractivity contribution in [2.75, 3.05) is 33.0 Å². The maximum absolute atomic E-state index is 13.1. The number of fused-ring (bicyclic) bond motifs is 1. The molecule has 0 N–H and O–H groups in total. The maximum Gasteiger partial charge on any atom is 0.231 e. The minimum absolute atomic E-state index is 0.0606. The van der Waals surface area contributed by atoms with Gasteiger partial charge >= 0.3 is 0 Å². The fourth-order valence-corrected chi connectivity index (χ4v) is 4.87. The molecule has 2 aliphatic heterocycles. The van der Waals surface area contributed by atoms with Crippen LogP contribution < -0.4 is 9.47 Å². The molecule has 30 heavy (non-hydrogen) atoms. The Morgan fingerprint density at radius 3 is 2.60 bits per heavy atom. The molecule has 1 atom stereocenters. The predicted molar refractivity (Wildman–Crippen MR) is 116 cm³/mol. The quantitative estimate of drug-likeness (QED) is 0.608. The predicted octanol–water partition coefficient (Wildman–Crippen LogP) is 3.60. The number of hydrogen-bond acceptors (Lipinski definition) is 5. The van der Waals surface area contributed by atoms with E-state index in [1.807, 2.05) is 35.5 Å². The Morgan fingerprint density at radius 2 is 1.83 bits per heavy atom. The number of rotatable bonds is 6. The van der Waals surface area contributed by atoms with Crippen molar-refractivity contribution in [2.45, 2.75) is 19.0 Å². The van der Waals surface area contributed by atoms with Crippen molar-refractivity contribution in [1.29, 1.82) is 0 Å². The minimum atomic E-state index is 0.0606. The number of benzene rings is 1. The average molecular weight is 424 g/mol. The Bertz CT molecular complexity index is 945. The molecular weight excluding hydrogens is 398 g/mol. The Hall–Kier alpha value is -2.77. The van der Waals surface area contributed by atoms with Crippen molar-refractivity contribution < 1.29 is 14.3 Å². The van der Waals surface area contributed by atoms with Gasteiger partial charge in [-0.1, -0.05) is 6.07 Å². The normalized spacial score (nSPS) is 17.3. The second-order valence-corrected chi connectivity index (χ2v) is 8.53. The summed E-state index contributed by atoms with van der Waals surface area (Å²) in [5, 5.41) is 4.21. The third kappa shape index (κ3) is 4.08. The van der Waals surface area contributed by atoms with E-state index in [9.17, 15) is 4.79 Å². The lowest BCUT2D eigenvalue weighted by Gasteiger charge is -2.35. The maximum atomic E-state index is 13.1. The molecule has 0 saturated carbocycles. The first-order valence-electron chi connectivity index (χ1n) is 10.3. The molecule has 156 valence electrons. The van der Waals surface area contributed by atoms with Crippen molar-refractivity contribution in [3.8, 4) is 11.5 Å². The highest BCUT2D eigenvalue weighted by molar-refractivity contribution is 7.08. The van der Waals surface area contributed by atoms with Gasteiger partial charge in [0.25, 0.3) is 0 Å². The third-order valence-corrected chi connectivity index (χ3v) is 6.55. The molecular formula is C23H25N3O3S. The fraction of sp³-hybridized carbons (Fsp3) is 0.348. The largest absolute Gasteiger partial charge is 0.454 e. The summed E-state index contributed by atoms with van der Waals surface area (Å²) in [6.07, 6.45) is 4.57. The molecule has 1 aromatic carbocycles.